The van der Waals surface area contributed by atoms with Gasteiger partial charge in [-0.05, 0) is 43.5 Å². The Balaban J connectivity index is 2.43. The normalized spacial score (nSPS) is 12.9. The molecule has 2 rings (SSSR count). The number of pyridine rings is 1. The molecule has 0 aliphatic heterocycles. The van der Waals surface area contributed by atoms with Crippen LogP contribution in [0, 0.1) is 12.8 Å². The summed E-state index contributed by atoms with van der Waals surface area (Å²) >= 11 is 0. The maximum absolute atomic E-state index is 12.4. The van der Waals surface area contributed by atoms with E-state index in [9.17, 15) is 13.9 Å². The van der Waals surface area contributed by atoms with E-state index in [0.717, 1.165) is 16.8 Å². The Hall–Kier alpha value is -1.95. The van der Waals surface area contributed by atoms with Gasteiger partial charge in [-0.1, -0.05) is 13.8 Å². The minimum atomic E-state index is -2.86. The summed E-state index contributed by atoms with van der Waals surface area (Å²) in [5.41, 5.74) is 2.34. The number of aromatic nitrogens is 1. The molecular formula is C17H22F2N2O2. The Bertz CT molecular complexity index is 662. The molecule has 126 valence electrons. The molecule has 4 nitrogen and oxygen atoms in total. The number of hydrogen-bond donors (Lipinski definition) is 2. The first kappa shape index (κ1) is 17.4. The fourth-order valence-electron chi connectivity index (χ4n) is 2.54. The monoisotopic (exact) mass is 324 g/mol. The third-order valence-corrected chi connectivity index (χ3v) is 3.72. The van der Waals surface area contributed by atoms with Crippen molar-refractivity contribution in [2.24, 2.45) is 5.92 Å². The number of aliphatic hydroxyl groups is 1. The van der Waals surface area contributed by atoms with E-state index in [1.54, 1.807) is 12.1 Å². The van der Waals surface area contributed by atoms with Crippen molar-refractivity contribution < 1.29 is 18.6 Å². The number of nitrogens with one attached hydrogen (secondary N) is 1. The van der Waals surface area contributed by atoms with Crippen molar-refractivity contribution in [3.63, 3.8) is 0 Å². The van der Waals surface area contributed by atoms with Gasteiger partial charge in [-0.15, -0.1) is 0 Å². The Morgan fingerprint density at radius 2 is 2.00 bits per heavy atom. The van der Waals surface area contributed by atoms with E-state index in [4.69, 9.17) is 0 Å². The highest BCUT2D eigenvalue weighted by atomic mass is 19.3. The number of anilines is 1. The van der Waals surface area contributed by atoms with Crippen LogP contribution in [0.1, 0.15) is 26.0 Å². The molecule has 23 heavy (non-hydrogen) atoms. The summed E-state index contributed by atoms with van der Waals surface area (Å²) in [4.78, 5) is 4.42. The third kappa shape index (κ3) is 4.51. The highest BCUT2D eigenvalue weighted by molar-refractivity contribution is 5.92. The van der Waals surface area contributed by atoms with Crippen LogP contribution in [-0.4, -0.2) is 29.4 Å². The van der Waals surface area contributed by atoms with Crippen LogP contribution in [0.15, 0.2) is 24.3 Å². The van der Waals surface area contributed by atoms with Crippen LogP contribution < -0.4 is 10.1 Å². The molecule has 0 aliphatic carbocycles. The Labute approximate surface area is 134 Å². The first-order valence-electron chi connectivity index (χ1n) is 7.64. The Morgan fingerprint density at radius 3 is 2.61 bits per heavy atom. The zero-order chi connectivity index (χ0) is 17.0. The van der Waals surface area contributed by atoms with Gasteiger partial charge in [0.2, 0.25) is 0 Å². The van der Waals surface area contributed by atoms with Gasteiger partial charge in [0, 0.05) is 29.4 Å². The summed E-state index contributed by atoms with van der Waals surface area (Å²) < 4.78 is 29.3. The van der Waals surface area contributed by atoms with Crippen LogP contribution in [0.5, 0.6) is 5.75 Å². The van der Waals surface area contributed by atoms with Crippen LogP contribution >= 0.6 is 0 Å². The van der Waals surface area contributed by atoms with Gasteiger partial charge in [-0.2, -0.15) is 8.78 Å². The minimum Gasteiger partial charge on any atom is -0.435 e. The molecule has 2 N–H and O–H groups in total. The number of hydrogen-bond acceptors (Lipinski definition) is 4. The van der Waals surface area contributed by atoms with Crippen molar-refractivity contribution >= 4 is 16.6 Å². The number of halogens is 2. The molecule has 0 aliphatic rings. The molecule has 0 spiro atoms. The first-order chi connectivity index (χ1) is 10.9. The van der Waals surface area contributed by atoms with Crippen molar-refractivity contribution in [2.75, 3.05) is 11.9 Å². The summed E-state index contributed by atoms with van der Waals surface area (Å²) in [6.45, 7) is 3.23. The maximum atomic E-state index is 12.4. The third-order valence-electron chi connectivity index (χ3n) is 3.72. The first-order valence-corrected chi connectivity index (χ1v) is 7.64. The molecule has 0 bridgehead atoms. The van der Waals surface area contributed by atoms with Crippen molar-refractivity contribution in [2.45, 2.75) is 39.8 Å². The quantitative estimate of drug-likeness (QED) is 0.809. The van der Waals surface area contributed by atoms with Crippen LogP contribution in [0.25, 0.3) is 10.9 Å². The van der Waals surface area contributed by atoms with Crippen molar-refractivity contribution in [3.05, 3.63) is 30.0 Å². The van der Waals surface area contributed by atoms with Gasteiger partial charge < -0.3 is 15.2 Å². The smallest absolute Gasteiger partial charge is 0.387 e. The fourth-order valence-corrected chi connectivity index (χ4v) is 2.54. The van der Waals surface area contributed by atoms with Gasteiger partial charge in [0.25, 0.3) is 0 Å². The number of rotatable bonds is 7. The van der Waals surface area contributed by atoms with Crippen molar-refractivity contribution in [1.82, 2.24) is 4.98 Å². The average Bonchev–Trinajstić information content (AvgIpc) is 2.46. The van der Waals surface area contributed by atoms with E-state index in [1.807, 2.05) is 13.0 Å². The second-order valence-electron chi connectivity index (χ2n) is 5.88. The van der Waals surface area contributed by atoms with E-state index in [2.05, 4.69) is 28.9 Å². The summed E-state index contributed by atoms with van der Waals surface area (Å²) in [5, 5.41) is 13.3. The van der Waals surface area contributed by atoms with E-state index < -0.39 is 6.61 Å². The van der Waals surface area contributed by atoms with E-state index >= 15 is 0 Å². The molecule has 0 radical (unpaired) electrons. The largest absolute Gasteiger partial charge is 0.435 e. The Morgan fingerprint density at radius 1 is 1.26 bits per heavy atom. The van der Waals surface area contributed by atoms with E-state index in [0.29, 0.717) is 17.9 Å². The lowest BCUT2D eigenvalue weighted by atomic mass is 10.0. The standard InChI is InChI=1S/C17H22F2N2O2/c1-10(2)14(6-7-22)21-16-8-11(3)20-15-5-4-12(9-13(15)16)23-17(18)19/h4-5,8-10,14,17,22H,6-7H2,1-3H3,(H,20,21). The SMILES string of the molecule is Cc1cc(NC(CCO)C(C)C)c2cc(OC(F)F)ccc2n1. The number of benzene rings is 1. The fraction of sp³-hybridized carbons (Fsp3) is 0.471. The second kappa shape index (κ2) is 7.55. The highest BCUT2D eigenvalue weighted by Gasteiger charge is 2.15. The molecule has 1 heterocycles. The molecule has 6 heteroatoms. The summed E-state index contributed by atoms with van der Waals surface area (Å²) in [5.74, 6) is 0.413. The molecule has 1 aromatic heterocycles. The van der Waals surface area contributed by atoms with Crippen LogP contribution in [0.2, 0.25) is 0 Å². The lowest BCUT2D eigenvalue weighted by Gasteiger charge is -2.24. The van der Waals surface area contributed by atoms with Gasteiger partial charge >= 0.3 is 6.61 Å². The van der Waals surface area contributed by atoms with E-state index in [-0.39, 0.29) is 18.4 Å². The lowest BCUT2D eigenvalue weighted by Crippen LogP contribution is -2.27. The molecule has 1 unspecified atom stereocenters. The molecule has 0 fully saturated rings. The molecule has 0 amide bonds. The predicted molar refractivity (Wildman–Crippen MR) is 87.1 cm³/mol. The number of alkyl halides is 2. The van der Waals surface area contributed by atoms with Gasteiger partial charge in [-0.3, -0.25) is 4.98 Å². The van der Waals surface area contributed by atoms with Gasteiger partial charge in [0.15, 0.2) is 0 Å². The maximum Gasteiger partial charge on any atom is 0.387 e. The van der Waals surface area contributed by atoms with Gasteiger partial charge in [-0.25, -0.2) is 0 Å². The molecule has 0 saturated carbocycles. The van der Waals surface area contributed by atoms with Crippen LogP contribution in [0.4, 0.5) is 14.5 Å². The van der Waals surface area contributed by atoms with Crippen LogP contribution in [0.3, 0.4) is 0 Å². The number of aliphatic hydroxyl groups excluding tert-OH is 1. The van der Waals surface area contributed by atoms with E-state index in [1.165, 1.54) is 6.07 Å². The average molecular weight is 324 g/mol. The topological polar surface area (TPSA) is 54.4 Å². The number of ether oxygens (including phenoxy) is 1. The van der Waals surface area contributed by atoms with Crippen LogP contribution in [-0.2, 0) is 0 Å². The molecule has 1 aromatic carbocycles. The summed E-state index contributed by atoms with van der Waals surface area (Å²) in [6.07, 6.45) is 0.605. The molecule has 1 atom stereocenters. The zero-order valence-corrected chi connectivity index (χ0v) is 13.5. The van der Waals surface area contributed by atoms with Crippen molar-refractivity contribution in [1.29, 1.82) is 0 Å². The van der Waals surface area contributed by atoms with Gasteiger partial charge in [0.1, 0.15) is 5.75 Å². The summed E-state index contributed by atoms with van der Waals surface area (Å²) in [6, 6.07) is 6.66. The molecule has 2 aromatic rings. The molecular weight excluding hydrogens is 302 g/mol. The zero-order valence-electron chi connectivity index (χ0n) is 13.5. The number of nitrogens with zero attached hydrogens (tertiary/aromatic N) is 1. The molecule has 0 saturated heterocycles. The number of fused-ring (bicyclic) bond motifs is 1. The number of aryl methyl sites for hydroxylation is 1. The predicted octanol–water partition coefficient (Wildman–Crippen LogP) is 3.96. The Kier molecular flexibility index (Phi) is 5.71. The minimum absolute atomic E-state index is 0.0738. The van der Waals surface area contributed by atoms with Crippen molar-refractivity contribution in [3.8, 4) is 5.75 Å². The highest BCUT2D eigenvalue weighted by Crippen LogP contribution is 2.29. The second-order valence-corrected chi connectivity index (χ2v) is 5.88. The lowest BCUT2D eigenvalue weighted by molar-refractivity contribution is -0.0497. The summed E-state index contributed by atoms with van der Waals surface area (Å²) in [7, 11) is 0. The van der Waals surface area contributed by atoms with Gasteiger partial charge in [0.05, 0.1) is 5.52 Å².